The van der Waals surface area contributed by atoms with Crippen LogP contribution < -0.4 is 10.6 Å². The van der Waals surface area contributed by atoms with E-state index in [1.54, 1.807) is 12.1 Å². The average molecular weight is 635 g/mol. The van der Waals surface area contributed by atoms with Gasteiger partial charge in [-0.25, -0.2) is 0 Å². The van der Waals surface area contributed by atoms with Gasteiger partial charge in [-0.3, -0.25) is 28.4 Å². The van der Waals surface area contributed by atoms with Gasteiger partial charge in [0.15, 0.2) is 0 Å². The maximum absolute atomic E-state index is 12.7. The number of carbonyl (C=O) groups excluding carboxylic acids is 3. The number of anilines is 1. The highest BCUT2D eigenvalue weighted by molar-refractivity contribution is 7.72. The van der Waals surface area contributed by atoms with Crippen LogP contribution in [0, 0.1) is 0 Å². The van der Waals surface area contributed by atoms with Gasteiger partial charge >= 0.3 is 15.2 Å². The van der Waals surface area contributed by atoms with Gasteiger partial charge in [-0.1, -0.05) is 12.1 Å². The van der Waals surface area contributed by atoms with E-state index in [1.807, 2.05) is 17.0 Å². The highest BCUT2D eigenvalue weighted by Crippen LogP contribution is 2.69. The summed E-state index contributed by atoms with van der Waals surface area (Å²) in [4.78, 5) is 77.0. The highest BCUT2D eigenvalue weighted by atomic mass is 35.5. The number of hydrogen-bond donors (Lipinski definition) is 6. The number of alkyl halides is 2. The first-order valence-electron chi connectivity index (χ1n) is 11.6. The van der Waals surface area contributed by atoms with Crippen LogP contribution in [0.3, 0.4) is 0 Å². The Bertz CT molecular complexity index is 1040. The molecule has 39 heavy (non-hydrogen) atoms. The third-order valence-electron chi connectivity index (χ3n) is 5.86. The van der Waals surface area contributed by atoms with E-state index in [0.29, 0.717) is 35.3 Å². The molecule has 0 saturated carbocycles. The lowest BCUT2D eigenvalue weighted by Crippen LogP contribution is -2.48. The molecule has 1 rings (SSSR count). The van der Waals surface area contributed by atoms with Gasteiger partial charge in [0.1, 0.15) is 6.54 Å². The zero-order chi connectivity index (χ0) is 30.0. The third-order valence-corrected chi connectivity index (χ3v) is 10.1. The molecule has 0 heterocycles. The van der Waals surface area contributed by atoms with Crippen LogP contribution in [-0.2, 0) is 29.9 Å². The molecule has 0 bridgehead atoms. The lowest BCUT2D eigenvalue weighted by molar-refractivity contribution is -0.145. The van der Waals surface area contributed by atoms with E-state index in [1.165, 1.54) is 7.05 Å². The van der Waals surface area contributed by atoms with Crippen LogP contribution in [0.5, 0.6) is 0 Å². The molecule has 1 aromatic rings. The topological polar surface area (TPSA) is 222 Å². The Morgan fingerprint density at radius 1 is 1.03 bits per heavy atom. The largest absolute Gasteiger partial charge is 0.369 e. The Labute approximate surface area is 236 Å². The minimum Gasteiger partial charge on any atom is -0.369 e. The Morgan fingerprint density at radius 3 is 1.97 bits per heavy atom. The van der Waals surface area contributed by atoms with E-state index in [0.717, 1.165) is 10.6 Å². The zero-order valence-corrected chi connectivity index (χ0v) is 24.5. The van der Waals surface area contributed by atoms with Crippen molar-refractivity contribution in [2.75, 3.05) is 49.9 Å². The average Bonchev–Trinajstić information content (AvgIpc) is 2.85. The standard InChI is InChI=1S/C21H34Cl2N4O10P2/c1-25(10-2-7-21(31,38(32,33)34)39(35,36)37)19(29)14-27(15-28)20(30)18(24)13-16-3-5-17(6-4-16)26(11-8-22)12-9-23/h3-6,15,18,31H,2,7-14,24H2,1H3,(H2,32,33,34)(H2,35,36,37)/t18-/m0/s1. The van der Waals surface area contributed by atoms with E-state index in [4.69, 9.17) is 28.9 Å². The summed E-state index contributed by atoms with van der Waals surface area (Å²) in [5.41, 5.74) is 7.56. The monoisotopic (exact) mass is 634 g/mol. The number of benzene rings is 1. The number of nitrogens with two attached hydrogens (primary N) is 1. The second-order valence-corrected chi connectivity index (χ2v) is 13.5. The fourth-order valence-corrected chi connectivity index (χ4v) is 6.21. The van der Waals surface area contributed by atoms with Gasteiger partial charge in [0.05, 0.1) is 6.04 Å². The molecule has 0 spiro atoms. The van der Waals surface area contributed by atoms with E-state index in [9.17, 15) is 48.2 Å². The molecular formula is C21H34Cl2N4O10P2. The minimum atomic E-state index is -5.63. The van der Waals surface area contributed by atoms with E-state index < -0.39 is 57.5 Å². The molecule has 1 aromatic carbocycles. The molecule has 0 aromatic heterocycles. The van der Waals surface area contributed by atoms with E-state index >= 15 is 0 Å². The molecule has 0 saturated heterocycles. The summed E-state index contributed by atoms with van der Waals surface area (Å²) in [5.74, 6) is -0.756. The molecule has 18 heteroatoms. The fourth-order valence-electron chi connectivity index (χ4n) is 3.54. The zero-order valence-electron chi connectivity index (χ0n) is 21.2. The maximum atomic E-state index is 12.7. The van der Waals surface area contributed by atoms with Crippen molar-refractivity contribution in [1.82, 2.24) is 9.80 Å². The summed E-state index contributed by atoms with van der Waals surface area (Å²) in [5, 5.41) is 6.30. The van der Waals surface area contributed by atoms with Crippen LogP contribution in [0.2, 0.25) is 0 Å². The van der Waals surface area contributed by atoms with E-state index in [2.05, 4.69) is 0 Å². The van der Waals surface area contributed by atoms with Gasteiger partial charge in [0.2, 0.25) is 18.2 Å². The number of halogens is 2. The van der Waals surface area contributed by atoms with Crippen LogP contribution in [0.25, 0.3) is 0 Å². The van der Waals surface area contributed by atoms with Gasteiger partial charge in [0.25, 0.3) is 5.08 Å². The van der Waals surface area contributed by atoms with Crippen LogP contribution >= 0.6 is 38.4 Å². The summed E-state index contributed by atoms with van der Waals surface area (Å²) in [6.45, 7) is 0.191. The van der Waals surface area contributed by atoms with E-state index in [-0.39, 0.29) is 19.4 Å². The number of rotatable bonds is 17. The number of imide groups is 1. The second kappa shape index (κ2) is 15.4. The predicted molar refractivity (Wildman–Crippen MR) is 145 cm³/mol. The van der Waals surface area contributed by atoms with Crippen molar-refractivity contribution in [2.24, 2.45) is 5.73 Å². The van der Waals surface area contributed by atoms with Crippen LogP contribution in [0.1, 0.15) is 18.4 Å². The summed E-state index contributed by atoms with van der Waals surface area (Å²) in [6, 6.07) is 6.02. The fraction of sp³-hybridized carbons (Fsp3) is 0.571. The minimum absolute atomic E-state index is 0.0713. The lowest BCUT2D eigenvalue weighted by Gasteiger charge is -2.30. The molecule has 7 N–H and O–H groups in total. The maximum Gasteiger partial charge on any atom is 0.369 e. The predicted octanol–water partition coefficient (Wildman–Crippen LogP) is 0.0655. The van der Waals surface area contributed by atoms with Gasteiger partial charge in [-0.2, -0.15) is 0 Å². The Hall–Kier alpha value is -1.57. The number of likely N-dealkylation sites (N-methyl/N-ethyl adjacent to an activating group) is 1. The van der Waals surface area contributed by atoms with Crippen LogP contribution in [0.4, 0.5) is 5.69 Å². The third kappa shape index (κ3) is 10.1. The summed E-state index contributed by atoms with van der Waals surface area (Å²) in [6.07, 6.45) is -1.21. The number of hydrogen-bond acceptors (Lipinski definition) is 8. The summed E-state index contributed by atoms with van der Waals surface area (Å²) < 4.78 is 22.9. The molecular weight excluding hydrogens is 601 g/mol. The Kier molecular flexibility index (Phi) is 14.0. The van der Waals surface area contributed by atoms with Crippen molar-refractivity contribution in [2.45, 2.75) is 30.4 Å². The van der Waals surface area contributed by atoms with Gasteiger partial charge < -0.3 is 40.2 Å². The molecule has 0 radical (unpaired) electrons. The van der Waals surface area contributed by atoms with Crippen molar-refractivity contribution >= 4 is 62.3 Å². The Balaban J connectivity index is 2.75. The molecule has 0 aliphatic carbocycles. The van der Waals surface area contributed by atoms with Gasteiger partial charge in [-0.05, 0) is 30.5 Å². The normalized spacial score (nSPS) is 13.1. The number of nitrogens with zero attached hydrogens (tertiary/aromatic N) is 3. The molecule has 14 nitrogen and oxygen atoms in total. The molecule has 222 valence electrons. The number of aliphatic hydroxyl groups is 1. The molecule has 3 amide bonds. The first-order chi connectivity index (χ1) is 18.0. The number of amides is 3. The second-order valence-electron chi connectivity index (χ2n) is 8.69. The highest BCUT2D eigenvalue weighted by Gasteiger charge is 2.58. The van der Waals surface area contributed by atoms with Crippen molar-refractivity contribution in [3.05, 3.63) is 29.8 Å². The number of carbonyl (C=O) groups is 3. The first kappa shape index (κ1) is 35.5. The molecule has 1 atom stereocenters. The van der Waals surface area contributed by atoms with Gasteiger partial charge in [-0.15, -0.1) is 23.2 Å². The molecule has 0 fully saturated rings. The van der Waals surface area contributed by atoms with Crippen LogP contribution in [-0.4, -0.2) is 109 Å². The molecule has 0 aliphatic rings. The van der Waals surface area contributed by atoms with Crippen molar-refractivity contribution < 1.29 is 48.2 Å². The lowest BCUT2D eigenvalue weighted by atomic mass is 10.0. The van der Waals surface area contributed by atoms with Crippen molar-refractivity contribution in [1.29, 1.82) is 0 Å². The molecule has 0 aliphatic heterocycles. The van der Waals surface area contributed by atoms with Crippen molar-refractivity contribution in [3.8, 4) is 0 Å². The first-order valence-corrected chi connectivity index (χ1v) is 15.9. The SMILES string of the molecule is CN(CCCC(O)(P(=O)(O)O)P(=O)(O)O)C(=O)CN(C=O)C(=O)[C@@H](N)Cc1ccc(N(CCCl)CCCl)cc1. The quantitative estimate of drug-likeness (QED) is 0.0760. The molecule has 0 unspecified atom stereocenters. The van der Waals surface area contributed by atoms with Gasteiger partial charge in [0, 0.05) is 50.6 Å². The Morgan fingerprint density at radius 2 is 1.54 bits per heavy atom. The smallest absolute Gasteiger partial charge is 0.369 e. The van der Waals surface area contributed by atoms with Crippen LogP contribution in [0.15, 0.2) is 24.3 Å². The summed E-state index contributed by atoms with van der Waals surface area (Å²) in [7, 11) is -10.0. The summed E-state index contributed by atoms with van der Waals surface area (Å²) >= 11 is 11.7. The van der Waals surface area contributed by atoms with Crippen molar-refractivity contribution in [3.63, 3.8) is 0 Å².